The minimum atomic E-state index is 0. The fraction of sp³-hybridized carbons (Fsp3) is 0.706. The zero-order valence-corrected chi connectivity index (χ0v) is 26.8. The van der Waals surface area contributed by atoms with Crippen LogP contribution in [0.25, 0.3) is 0 Å². The standard InChI is InChI=1S/2C17H26P.Ti/c2*1-3-9-15(10-4-1)18(17-13-7-8-14-17)16-11-5-2-6-12-16;/h2*7-8,13-16H,1-6,9-12H2;/q2*-1;+2. The van der Waals surface area contributed by atoms with Crippen molar-refractivity contribution in [1.29, 1.82) is 0 Å². The quantitative estimate of drug-likeness (QED) is 0.184. The molecule has 4 aliphatic rings. The van der Waals surface area contributed by atoms with Crippen LogP contribution in [0.15, 0.2) is 48.5 Å². The van der Waals surface area contributed by atoms with E-state index in [1.165, 1.54) is 128 Å². The van der Waals surface area contributed by atoms with E-state index in [4.69, 9.17) is 0 Å². The van der Waals surface area contributed by atoms with Crippen LogP contribution < -0.4 is 10.6 Å². The molecule has 202 valence electrons. The molecule has 0 spiro atoms. The third-order valence-corrected chi connectivity index (χ3v) is 16.8. The van der Waals surface area contributed by atoms with Gasteiger partial charge >= 0.3 is 21.7 Å². The van der Waals surface area contributed by atoms with E-state index < -0.39 is 0 Å². The van der Waals surface area contributed by atoms with Gasteiger partial charge in [-0.15, -0.1) is 10.6 Å². The van der Waals surface area contributed by atoms with E-state index >= 15 is 0 Å². The Kier molecular flexibility index (Phi) is 13.5. The second-order valence-electron chi connectivity index (χ2n) is 12.3. The van der Waals surface area contributed by atoms with Crippen molar-refractivity contribution in [2.45, 2.75) is 151 Å². The third-order valence-electron chi connectivity index (χ3n) is 9.76. The van der Waals surface area contributed by atoms with E-state index in [1.54, 1.807) is 10.6 Å². The molecule has 0 aliphatic heterocycles. The Hall–Kier alpha value is 0.274. The van der Waals surface area contributed by atoms with Crippen molar-refractivity contribution in [3.8, 4) is 0 Å². The van der Waals surface area contributed by atoms with E-state index in [9.17, 15) is 0 Å². The summed E-state index contributed by atoms with van der Waals surface area (Å²) in [6.45, 7) is 0. The molecular formula is C34H52P2Ti. The summed E-state index contributed by atoms with van der Waals surface area (Å²) in [5, 5.41) is 3.45. The Bertz CT molecular complexity index is 698. The molecule has 6 rings (SSSR count). The summed E-state index contributed by atoms with van der Waals surface area (Å²) >= 11 is 0. The number of hydrogen-bond acceptors (Lipinski definition) is 0. The minimum Gasteiger partial charge on any atom is -0.213 e. The maximum Gasteiger partial charge on any atom is 2.00 e. The number of hydrogen-bond donors (Lipinski definition) is 0. The molecule has 0 bridgehead atoms. The van der Waals surface area contributed by atoms with Gasteiger partial charge in [0.1, 0.15) is 0 Å². The largest absolute Gasteiger partial charge is 2.00 e. The molecule has 0 unspecified atom stereocenters. The third kappa shape index (κ3) is 8.63. The van der Waals surface area contributed by atoms with Crippen LogP contribution in [0.5, 0.6) is 0 Å². The van der Waals surface area contributed by atoms with Crippen LogP contribution in [0.1, 0.15) is 128 Å². The first kappa shape index (κ1) is 30.2. The van der Waals surface area contributed by atoms with Gasteiger partial charge in [-0.2, -0.15) is 24.3 Å². The Balaban J connectivity index is 0.000000168. The van der Waals surface area contributed by atoms with Crippen LogP contribution in [0.3, 0.4) is 0 Å². The second-order valence-corrected chi connectivity index (χ2v) is 17.9. The molecule has 0 nitrogen and oxygen atoms in total. The molecule has 0 amide bonds. The van der Waals surface area contributed by atoms with E-state index in [-0.39, 0.29) is 37.6 Å². The molecule has 2 aromatic carbocycles. The molecule has 0 aromatic heterocycles. The van der Waals surface area contributed by atoms with Gasteiger partial charge in [-0.3, -0.25) is 0 Å². The van der Waals surface area contributed by atoms with Crippen molar-refractivity contribution in [2.75, 3.05) is 0 Å². The molecule has 2 aromatic rings. The summed E-state index contributed by atoms with van der Waals surface area (Å²) in [4.78, 5) is 0. The molecule has 0 heterocycles. The topological polar surface area (TPSA) is 0 Å². The predicted octanol–water partition coefficient (Wildman–Crippen LogP) is 10.4. The first-order chi connectivity index (χ1) is 17.9. The van der Waals surface area contributed by atoms with Gasteiger partial charge in [-0.25, -0.2) is 24.3 Å². The van der Waals surface area contributed by atoms with Crippen molar-refractivity contribution in [2.24, 2.45) is 0 Å². The molecule has 3 heteroatoms. The van der Waals surface area contributed by atoms with Crippen LogP contribution in [-0.4, -0.2) is 22.6 Å². The first-order valence-electron chi connectivity index (χ1n) is 15.9. The van der Waals surface area contributed by atoms with Crippen molar-refractivity contribution in [3.63, 3.8) is 0 Å². The second kappa shape index (κ2) is 16.5. The average molecular weight is 571 g/mol. The predicted molar refractivity (Wildman–Crippen MR) is 165 cm³/mol. The SMILES string of the molecule is [Ti+2].c1c[cH-]c(P(C2CCCCC2)C2CCCCC2)c1.c1c[cH-]c(P(C2CCCCC2)C2CCCCC2)c1. The van der Waals surface area contributed by atoms with Gasteiger partial charge in [0, 0.05) is 0 Å². The minimum absolute atomic E-state index is 0. The first-order valence-corrected chi connectivity index (χ1v) is 18.9. The van der Waals surface area contributed by atoms with Gasteiger partial charge in [0.25, 0.3) is 0 Å². The Morgan fingerprint density at radius 2 is 0.703 bits per heavy atom. The molecule has 0 N–H and O–H groups in total. The van der Waals surface area contributed by atoms with Crippen molar-refractivity contribution in [1.82, 2.24) is 0 Å². The molecule has 0 saturated heterocycles. The Labute approximate surface area is 246 Å². The van der Waals surface area contributed by atoms with Crippen LogP contribution in [0.4, 0.5) is 0 Å². The molecule has 0 atom stereocenters. The van der Waals surface area contributed by atoms with Gasteiger partial charge in [-0.1, -0.05) is 92.9 Å². The fourth-order valence-electron chi connectivity index (χ4n) is 7.95. The summed E-state index contributed by atoms with van der Waals surface area (Å²) in [5.74, 6) is 0. The zero-order chi connectivity index (χ0) is 24.4. The average Bonchev–Trinajstić information content (AvgIpc) is 3.68. The van der Waals surface area contributed by atoms with E-state index in [2.05, 4.69) is 48.5 Å². The van der Waals surface area contributed by atoms with Gasteiger partial charge in [-0.05, 0) is 74.0 Å². The molecule has 37 heavy (non-hydrogen) atoms. The molecular weight excluding hydrogens is 518 g/mol. The van der Waals surface area contributed by atoms with Crippen molar-refractivity contribution in [3.05, 3.63) is 48.5 Å². The fourth-order valence-corrected chi connectivity index (χ4v) is 15.5. The maximum atomic E-state index is 2.43. The van der Waals surface area contributed by atoms with Gasteiger partial charge in [0.15, 0.2) is 0 Å². The molecule has 0 radical (unpaired) electrons. The van der Waals surface area contributed by atoms with Crippen LogP contribution in [0.2, 0.25) is 0 Å². The monoisotopic (exact) mass is 570 g/mol. The van der Waals surface area contributed by atoms with E-state index in [0.717, 1.165) is 22.6 Å². The van der Waals surface area contributed by atoms with Gasteiger partial charge < -0.3 is 0 Å². The summed E-state index contributed by atoms with van der Waals surface area (Å²) in [6.07, 6.45) is 30.1. The Morgan fingerprint density at radius 1 is 0.432 bits per heavy atom. The molecule has 4 aliphatic carbocycles. The summed E-state index contributed by atoms with van der Waals surface area (Å²) in [6, 6.07) is 18.7. The van der Waals surface area contributed by atoms with Gasteiger partial charge in [0.2, 0.25) is 0 Å². The van der Waals surface area contributed by atoms with Crippen LogP contribution in [-0.2, 0) is 21.7 Å². The van der Waals surface area contributed by atoms with Crippen molar-refractivity contribution >= 4 is 26.5 Å². The van der Waals surface area contributed by atoms with Crippen LogP contribution in [0, 0.1) is 0 Å². The smallest absolute Gasteiger partial charge is 0.213 e. The van der Waals surface area contributed by atoms with Crippen molar-refractivity contribution < 1.29 is 21.7 Å². The van der Waals surface area contributed by atoms with Crippen LogP contribution >= 0.6 is 15.8 Å². The molecule has 4 fully saturated rings. The Morgan fingerprint density at radius 3 is 0.919 bits per heavy atom. The van der Waals surface area contributed by atoms with Gasteiger partial charge in [0.05, 0.1) is 0 Å². The summed E-state index contributed by atoms with van der Waals surface area (Å²) in [5.41, 5.74) is 4.22. The molecule has 4 saturated carbocycles. The maximum absolute atomic E-state index is 2.43. The normalized spacial score (nSPS) is 23.0. The summed E-state index contributed by atoms with van der Waals surface area (Å²) in [7, 11) is 0.290. The summed E-state index contributed by atoms with van der Waals surface area (Å²) < 4.78 is 0. The number of rotatable bonds is 6. The zero-order valence-electron chi connectivity index (χ0n) is 23.5. The van der Waals surface area contributed by atoms with E-state index in [1.807, 2.05) is 0 Å². The van der Waals surface area contributed by atoms with E-state index in [0.29, 0.717) is 0 Å².